The maximum Gasteiger partial charge on any atom is 0.360 e. The van der Waals surface area contributed by atoms with E-state index in [0.717, 1.165) is 0 Å². The number of methoxy groups -OCH3 is 1. The van der Waals surface area contributed by atoms with Crippen LogP contribution in [-0.4, -0.2) is 34.9 Å². The number of carbonyl (C=O) groups excluding carboxylic acids is 1. The average Bonchev–Trinajstić information content (AvgIpc) is 3.04. The third kappa shape index (κ3) is 2.69. The second-order valence-corrected chi connectivity index (χ2v) is 5.54. The van der Waals surface area contributed by atoms with Crippen LogP contribution in [0.3, 0.4) is 0 Å². The van der Waals surface area contributed by atoms with Crippen molar-refractivity contribution in [2.24, 2.45) is 0 Å². The normalized spacial score (nSPS) is 10.8. The van der Waals surface area contributed by atoms with Crippen molar-refractivity contribution >= 4 is 32.9 Å². The standard InChI is InChI=1S/C16H13BrN2O5/c1-3-23-16(21)12-13(20)10-11(19-24-14(10)15(17)18-12)8-4-6-9(22-2)7-5-8/h4-7,20H,3H2,1-2H3. The van der Waals surface area contributed by atoms with Gasteiger partial charge < -0.3 is 19.1 Å². The number of hydrogen-bond donors (Lipinski definition) is 1. The van der Waals surface area contributed by atoms with E-state index in [2.05, 4.69) is 26.1 Å². The Balaban J connectivity index is 2.20. The minimum atomic E-state index is -0.723. The number of aromatic nitrogens is 2. The van der Waals surface area contributed by atoms with Crippen LogP contribution < -0.4 is 4.74 Å². The molecule has 0 amide bonds. The second-order valence-electron chi connectivity index (χ2n) is 4.78. The fraction of sp³-hybridized carbons (Fsp3) is 0.188. The number of nitrogens with zero attached hydrogens (tertiary/aromatic N) is 2. The maximum atomic E-state index is 12.0. The highest BCUT2D eigenvalue weighted by Crippen LogP contribution is 2.39. The van der Waals surface area contributed by atoms with Gasteiger partial charge in [-0.1, -0.05) is 5.16 Å². The van der Waals surface area contributed by atoms with Gasteiger partial charge in [0.1, 0.15) is 11.4 Å². The van der Waals surface area contributed by atoms with Gasteiger partial charge in [0.2, 0.25) is 5.58 Å². The summed E-state index contributed by atoms with van der Waals surface area (Å²) in [7, 11) is 1.57. The molecule has 1 N–H and O–H groups in total. The van der Waals surface area contributed by atoms with E-state index >= 15 is 0 Å². The van der Waals surface area contributed by atoms with Crippen molar-refractivity contribution in [3.05, 3.63) is 34.6 Å². The zero-order valence-corrected chi connectivity index (χ0v) is 14.5. The van der Waals surface area contributed by atoms with Gasteiger partial charge >= 0.3 is 5.97 Å². The minimum absolute atomic E-state index is 0.171. The monoisotopic (exact) mass is 392 g/mol. The Bertz CT molecular complexity index is 905. The highest BCUT2D eigenvalue weighted by molar-refractivity contribution is 9.10. The van der Waals surface area contributed by atoms with Crippen LogP contribution in [0.15, 0.2) is 33.4 Å². The molecule has 0 aliphatic rings. The molecule has 0 fully saturated rings. The van der Waals surface area contributed by atoms with Gasteiger partial charge in [-0.25, -0.2) is 9.78 Å². The molecule has 1 aromatic carbocycles. The number of carbonyl (C=O) groups is 1. The van der Waals surface area contributed by atoms with Gasteiger partial charge in [-0.05, 0) is 47.1 Å². The highest BCUT2D eigenvalue weighted by atomic mass is 79.9. The topological polar surface area (TPSA) is 94.7 Å². The summed E-state index contributed by atoms with van der Waals surface area (Å²) < 4.78 is 15.6. The van der Waals surface area contributed by atoms with Gasteiger partial charge in [-0.2, -0.15) is 0 Å². The molecule has 0 saturated carbocycles. The molecule has 7 nitrogen and oxygen atoms in total. The van der Waals surface area contributed by atoms with Crippen LogP contribution in [0.2, 0.25) is 0 Å². The first-order chi connectivity index (χ1) is 11.6. The first kappa shape index (κ1) is 16.3. The summed E-state index contributed by atoms with van der Waals surface area (Å²) in [6.45, 7) is 1.84. The lowest BCUT2D eigenvalue weighted by molar-refractivity contribution is 0.0516. The Kier molecular flexibility index (Phi) is 4.39. The molecule has 0 spiro atoms. The van der Waals surface area contributed by atoms with Crippen molar-refractivity contribution in [3.63, 3.8) is 0 Å². The molecule has 3 aromatic rings. The van der Waals surface area contributed by atoms with Crippen LogP contribution in [0.5, 0.6) is 11.5 Å². The Morgan fingerprint density at radius 1 is 1.33 bits per heavy atom. The van der Waals surface area contributed by atoms with Crippen LogP contribution in [0.25, 0.3) is 22.2 Å². The van der Waals surface area contributed by atoms with Gasteiger partial charge in [0, 0.05) is 5.56 Å². The molecule has 0 unspecified atom stereocenters. The number of aromatic hydroxyl groups is 1. The first-order valence-electron chi connectivity index (χ1n) is 7.06. The predicted octanol–water partition coefficient (Wildman–Crippen LogP) is 3.54. The van der Waals surface area contributed by atoms with E-state index in [1.54, 1.807) is 38.3 Å². The zero-order chi connectivity index (χ0) is 17.3. The van der Waals surface area contributed by atoms with E-state index in [9.17, 15) is 9.90 Å². The zero-order valence-electron chi connectivity index (χ0n) is 12.9. The molecule has 0 radical (unpaired) electrons. The molecule has 3 rings (SSSR count). The lowest BCUT2D eigenvalue weighted by Crippen LogP contribution is -2.07. The van der Waals surface area contributed by atoms with Crippen LogP contribution in [0.1, 0.15) is 17.4 Å². The van der Waals surface area contributed by atoms with Crippen molar-refractivity contribution in [1.82, 2.24) is 10.1 Å². The number of benzene rings is 1. The molecule has 124 valence electrons. The first-order valence-corrected chi connectivity index (χ1v) is 7.85. The van der Waals surface area contributed by atoms with Gasteiger partial charge in [-0.15, -0.1) is 0 Å². The van der Waals surface area contributed by atoms with Crippen molar-refractivity contribution in [3.8, 4) is 22.8 Å². The van der Waals surface area contributed by atoms with Crippen LogP contribution in [0.4, 0.5) is 0 Å². The second kappa shape index (κ2) is 6.48. The van der Waals surface area contributed by atoms with Gasteiger partial charge in [0.15, 0.2) is 16.0 Å². The van der Waals surface area contributed by atoms with Crippen molar-refractivity contribution < 1.29 is 23.9 Å². The lowest BCUT2D eigenvalue weighted by Gasteiger charge is -2.06. The molecule has 0 aliphatic carbocycles. The predicted molar refractivity (Wildman–Crippen MR) is 89.1 cm³/mol. The molecule has 2 aromatic heterocycles. The molecule has 0 atom stereocenters. The van der Waals surface area contributed by atoms with E-state index in [4.69, 9.17) is 14.0 Å². The number of pyridine rings is 1. The van der Waals surface area contributed by atoms with E-state index in [1.807, 2.05) is 0 Å². The smallest absolute Gasteiger partial charge is 0.360 e. The van der Waals surface area contributed by atoms with Crippen molar-refractivity contribution in [1.29, 1.82) is 0 Å². The number of ether oxygens (including phenoxy) is 2. The summed E-state index contributed by atoms with van der Waals surface area (Å²) in [5, 5.41) is 14.8. The summed E-state index contributed by atoms with van der Waals surface area (Å²) >= 11 is 3.23. The molecule has 2 heterocycles. The molecular weight excluding hydrogens is 380 g/mol. The Morgan fingerprint density at radius 2 is 2.04 bits per heavy atom. The molecular formula is C16H13BrN2O5. The lowest BCUT2D eigenvalue weighted by atomic mass is 10.1. The molecule has 0 bridgehead atoms. The van der Waals surface area contributed by atoms with Crippen LogP contribution >= 0.6 is 15.9 Å². The number of hydrogen-bond acceptors (Lipinski definition) is 7. The average molecular weight is 393 g/mol. The number of fused-ring (bicyclic) bond motifs is 1. The summed E-state index contributed by atoms with van der Waals surface area (Å²) in [6, 6.07) is 7.06. The fourth-order valence-electron chi connectivity index (χ4n) is 2.26. The number of rotatable bonds is 4. The molecule has 0 saturated heterocycles. The van der Waals surface area contributed by atoms with Crippen molar-refractivity contribution in [2.45, 2.75) is 6.92 Å². The fourth-order valence-corrected chi connectivity index (χ4v) is 2.71. The van der Waals surface area contributed by atoms with Gasteiger partial charge in [-0.3, -0.25) is 0 Å². The summed E-state index contributed by atoms with van der Waals surface area (Å²) in [5.41, 5.74) is 1.12. The molecule has 24 heavy (non-hydrogen) atoms. The van der Waals surface area contributed by atoms with E-state index < -0.39 is 5.97 Å². The summed E-state index contributed by atoms with van der Waals surface area (Å²) in [6.07, 6.45) is 0. The quantitative estimate of drug-likeness (QED) is 0.535. The third-order valence-corrected chi connectivity index (χ3v) is 3.92. The van der Waals surface area contributed by atoms with Crippen molar-refractivity contribution in [2.75, 3.05) is 13.7 Å². The van der Waals surface area contributed by atoms with E-state index in [-0.39, 0.29) is 33.6 Å². The third-order valence-electron chi connectivity index (χ3n) is 3.38. The Labute approximate surface area is 145 Å². The van der Waals surface area contributed by atoms with E-state index in [0.29, 0.717) is 17.0 Å². The van der Waals surface area contributed by atoms with Gasteiger partial charge in [0.25, 0.3) is 0 Å². The van der Waals surface area contributed by atoms with Gasteiger partial charge in [0.05, 0.1) is 19.1 Å². The van der Waals surface area contributed by atoms with Crippen LogP contribution in [-0.2, 0) is 4.74 Å². The van der Waals surface area contributed by atoms with E-state index in [1.165, 1.54) is 0 Å². The number of halogens is 1. The Morgan fingerprint density at radius 3 is 2.67 bits per heavy atom. The number of esters is 1. The SMILES string of the molecule is CCOC(=O)c1nc(Br)c2onc(-c3ccc(OC)cc3)c2c1O. The molecule has 8 heteroatoms. The summed E-state index contributed by atoms with van der Waals surface area (Å²) in [4.78, 5) is 16.0. The highest BCUT2D eigenvalue weighted by Gasteiger charge is 2.25. The molecule has 0 aliphatic heterocycles. The largest absolute Gasteiger partial charge is 0.505 e. The maximum absolute atomic E-state index is 12.0. The summed E-state index contributed by atoms with van der Waals surface area (Å²) in [5.74, 6) is -0.371. The minimum Gasteiger partial charge on any atom is -0.505 e. The van der Waals surface area contributed by atoms with Crippen LogP contribution in [0, 0.1) is 0 Å². The Hall–Kier alpha value is -2.61.